The molecule has 0 atom stereocenters. The fraction of sp³-hybridized carbons (Fsp3) is 0.158. The van der Waals surface area contributed by atoms with Crippen LogP contribution in [0.3, 0.4) is 0 Å². The van der Waals surface area contributed by atoms with Crippen LogP contribution >= 0.6 is 11.6 Å². The summed E-state index contributed by atoms with van der Waals surface area (Å²) in [6.07, 6.45) is 5.53. The van der Waals surface area contributed by atoms with E-state index >= 15 is 0 Å². The Hall–Kier alpha value is -2.79. The molecule has 6 heteroatoms. The number of aromatic nitrogens is 3. The molecule has 2 aromatic heterocycles. The maximum atomic E-state index is 12.6. The minimum atomic E-state index is -0.0718. The zero-order valence-electron chi connectivity index (χ0n) is 13.6. The molecular weight excluding hydrogens is 338 g/mol. The van der Waals surface area contributed by atoms with E-state index < -0.39 is 0 Å². The second-order valence-corrected chi connectivity index (χ2v) is 5.86. The summed E-state index contributed by atoms with van der Waals surface area (Å²) in [5, 5.41) is 0.424. The first-order valence-corrected chi connectivity index (χ1v) is 8.23. The van der Waals surface area contributed by atoms with Gasteiger partial charge >= 0.3 is 0 Å². The predicted molar refractivity (Wildman–Crippen MR) is 95.2 cm³/mol. The lowest BCUT2D eigenvalue weighted by atomic mass is 10.1. The first-order valence-electron chi connectivity index (χ1n) is 7.85. The minimum absolute atomic E-state index is 0.0718. The summed E-state index contributed by atoms with van der Waals surface area (Å²) in [6, 6.07) is 10.6. The van der Waals surface area contributed by atoms with Gasteiger partial charge in [-0.15, -0.1) is 0 Å². The van der Waals surface area contributed by atoms with Crippen LogP contribution in [0.5, 0.6) is 11.5 Å². The lowest BCUT2D eigenvalue weighted by Crippen LogP contribution is -2.06. The van der Waals surface area contributed by atoms with Crippen LogP contribution in [0.15, 0.2) is 55.1 Å². The molecule has 3 rings (SSSR count). The third-order valence-electron chi connectivity index (χ3n) is 3.53. The summed E-state index contributed by atoms with van der Waals surface area (Å²) in [4.78, 5) is 24.8. The molecule has 0 unspecified atom stereocenters. The molecule has 0 fully saturated rings. The van der Waals surface area contributed by atoms with Crippen molar-refractivity contribution >= 4 is 17.4 Å². The van der Waals surface area contributed by atoms with Gasteiger partial charge in [0.25, 0.3) is 0 Å². The zero-order chi connectivity index (χ0) is 17.6. The van der Waals surface area contributed by atoms with E-state index in [0.29, 0.717) is 22.1 Å². The molecule has 3 aromatic rings. The van der Waals surface area contributed by atoms with E-state index in [1.54, 1.807) is 18.2 Å². The summed E-state index contributed by atoms with van der Waals surface area (Å²) >= 11 is 6.13. The molecule has 0 aliphatic heterocycles. The van der Waals surface area contributed by atoms with Crippen LogP contribution in [0.2, 0.25) is 5.02 Å². The number of halogens is 1. The number of ether oxygens (including phenoxy) is 1. The third kappa shape index (κ3) is 4.61. The number of pyridine rings is 1. The summed E-state index contributed by atoms with van der Waals surface area (Å²) in [5.41, 5.74) is 2.18. The van der Waals surface area contributed by atoms with Crippen molar-refractivity contribution in [2.75, 3.05) is 0 Å². The SMILES string of the molecule is CCc1cccc(CC(=O)c2cc(Cl)cc(Oc3cncnc3)c2)n1. The van der Waals surface area contributed by atoms with Gasteiger partial charge in [-0.2, -0.15) is 0 Å². The number of aryl methyl sites for hydroxylation is 1. The lowest BCUT2D eigenvalue weighted by Gasteiger charge is -2.08. The fourth-order valence-corrected chi connectivity index (χ4v) is 2.57. The van der Waals surface area contributed by atoms with Crippen LogP contribution in [0.1, 0.15) is 28.7 Å². The lowest BCUT2D eigenvalue weighted by molar-refractivity contribution is 0.0991. The van der Waals surface area contributed by atoms with Gasteiger partial charge in [-0.25, -0.2) is 9.97 Å². The first kappa shape index (κ1) is 17.0. The Kier molecular flexibility index (Phi) is 5.36. The Balaban J connectivity index is 1.80. The molecule has 0 saturated heterocycles. The fourth-order valence-electron chi connectivity index (χ4n) is 2.35. The Morgan fingerprint density at radius 2 is 1.84 bits per heavy atom. The van der Waals surface area contributed by atoms with Crippen molar-refractivity contribution in [2.24, 2.45) is 0 Å². The maximum absolute atomic E-state index is 12.6. The van der Waals surface area contributed by atoms with E-state index in [-0.39, 0.29) is 12.2 Å². The van der Waals surface area contributed by atoms with Crippen molar-refractivity contribution in [3.05, 3.63) is 77.1 Å². The highest BCUT2D eigenvalue weighted by Gasteiger charge is 2.12. The van der Waals surface area contributed by atoms with E-state index in [2.05, 4.69) is 15.0 Å². The Morgan fingerprint density at radius 3 is 2.60 bits per heavy atom. The highest BCUT2D eigenvalue weighted by molar-refractivity contribution is 6.31. The zero-order valence-corrected chi connectivity index (χ0v) is 14.4. The van der Waals surface area contributed by atoms with Crippen LogP contribution in [-0.4, -0.2) is 20.7 Å². The molecule has 0 bridgehead atoms. The van der Waals surface area contributed by atoms with Crippen molar-refractivity contribution < 1.29 is 9.53 Å². The van der Waals surface area contributed by atoms with Crippen LogP contribution in [0.25, 0.3) is 0 Å². The van der Waals surface area contributed by atoms with Crippen molar-refractivity contribution in [2.45, 2.75) is 19.8 Å². The topological polar surface area (TPSA) is 65.0 Å². The molecule has 0 saturated carbocycles. The Labute approximate surface area is 150 Å². The van der Waals surface area contributed by atoms with Crippen LogP contribution in [0.4, 0.5) is 0 Å². The van der Waals surface area contributed by atoms with E-state index in [0.717, 1.165) is 17.8 Å². The van der Waals surface area contributed by atoms with E-state index in [1.165, 1.54) is 18.7 Å². The van der Waals surface area contributed by atoms with Crippen molar-refractivity contribution in [1.82, 2.24) is 15.0 Å². The highest BCUT2D eigenvalue weighted by atomic mass is 35.5. The van der Waals surface area contributed by atoms with E-state index in [1.807, 2.05) is 25.1 Å². The quantitative estimate of drug-likeness (QED) is 0.618. The number of nitrogens with zero attached hydrogens (tertiary/aromatic N) is 3. The van der Waals surface area contributed by atoms with Crippen LogP contribution < -0.4 is 4.74 Å². The number of hydrogen-bond acceptors (Lipinski definition) is 5. The summed E-state index contributed by atoms with van der Waals surface area (Å²) < 4.78 is 5.66. The van der Waals surface area contributed by atoms with Gasteiger partial charge in [0.1, 0.15) is 12.1 Å². The van der Waals surface area contributed by atoms with E-state index in [4.69, 9.17) is 16.3 Å². The van der Waals surface area contributed by atoms with Crippen molar-refractivity contribution in [1.29, 1.82) is 0 Å². The van der Waals surface area contributed by atoms with Gasteiger partial charge < -0.3 is 4.74 Å². The first-order chi connectivity index (χ1) is 12.1. The van der Waals surface area contributed by atoms with Crippen LogP contribution in [-0.2, 0) is 12.8 Å². The largest absolute Gasteiger partial charge is 0.454 e. The number of carbonyl (C=O) groups excluding carboxylic acids is 1. The third-order valence-corrected chi connectivity index (χ3v) is 3.75. The average molecular weight is 354 g/mol. The highest BCUT2D eigenvalue weighted by Crippen LogP contribution is 2.26. The summed E-state index contributed by atoms with van der Waals surface area (Å²) in [6.45, 7) is 2.03. The van der Waals surface area contributed by atoms with Gasteiger partial charge in [-0.05, 0) is 36.8 Å². The van der Waals surface area contributed by atoms with E-state index in [9.17, 15) is 4.79 Å². The molecule has 0 amide bonds. The maximum Gasteiger partial charge on any atom is 0.169 e. The number of Topliss-reactive ketones (excluding diaryl/α,β-unsaturated/α-hetero) is 1. The van der Waals surface area contributed by atoms with Crippen molar-refractivity contribution in [3.8, 4) is 11.5 Å². The van der Waals surface area contributed by atoms with Crippen LogP contribution in [0, 0.1) is 0 Å². The second kappa shape index (κ2) is 7.85. The molecule has 0 aliphatic rings. The van der Waals surface area contributed by atoms with Gasteiger partial charge in [-0.3, -0.25) is 9.78 Å². The van der Waals surface area contributed by atoms with Gasteiger partial charge in [0.05, 0.1) is 18.8 Å². The molecule has 2 heterocycles. The number of benzene rings is 1. The molecule has 0 spiro atoms. The smallest absolute Gasteiger partial charge is 0.169 e. The average Bonchev–Trinajstić information content (AvgIpc) is 2.62. The van der Waals surface area contributed by atoms with Gasteiger partial charge in [0, 0.05) is 22.0 Å². The van der Waals surface area contributed by atoms with Gasteiger partial charge in [0.2, 0.25) is 0 Å². The Morgan fingerprint density at radius 1 is 1.08 bits per heavy atom. The molecule has 5 nitrogen and oxygen atoms in total. The van der Waals surface area contributed by atoms with Gasteiger partial charge in [0.15, 0.2) is 11.5 Å². The summed E-state index contributed by atoms with van der Waals surface area (Å²) in [7, 11) is 0. The predicted octanol–water partition coefficient (Wildman–Crippen LogP) is 4.31. The van der Waals surface area contributed by atoms with Gasteiger partial charge in [-0.1, -0.05) is 24.6 Å². The second-order valence-electron chi connectivity index (χ2n) is 5.43. The number of rotatable bonds is 6. The number of carbonyl (C=O) groups is 1. The number of hydrogen-bond donors (Lipinski definition) is 0. The molecule has 1 aromatic carbocycles. The molecular formula is C19H16ClN3O2. The molecule has 126 valence electrons. The molecule has 25 heavy (non-hydrogen) atoms. The standard InChI is InChI=1S/C19H16ClN3O2/c1-2-15-4-3-5-16(23-15)9-19(24)13-6-14(20)8-17(7-13)25-18-10-21-12-22-11-18/h3-8,10-12H,2,9H2,1H3. The summed E-state index contributed by atoms with van der Waals surface area (Å²) in [5.74, 6) is 0.860. The molecule has 0 N–H and O–H groups in total. The molecule has 0 aliphatic carbocycles. The Bertz CT molecular complexity index is 885. The molecule has 0 radical (unpaired) electrons. The number of ketones is 1. The monoisotopic (exact) mass is 353 g/mol. The minimum Gasteiger partial charge on any atom is -0.454 e. The normalized spacial score (nSPS) is 10.5. The van der Waals surface area contributed by atoms with Crippen molar-refractivity contribution in [3.63, 3.8) is 0 Å².